The Morgan fingerprint density at radius 1 is 1.45 bits per heavy atom. The average molecular weight is 351 g/mol. The number of halogens is 2. The Kier molecular flexibility index (Phi) is 10.9. The maximum Gasteiger partial charge on any atom is 0.260 e. The van der Waals surface area contributed by atoms with Crippen molar-refractivity contribution in [2.45, 2.75) is 13.0 Å². The van der Waals surface area contributed by atoms with Gasteiger partial charge in [0.25, 0.3) is 5.91 Å². The molecule has 1 amide bonds. The quantitative estimate of drug-likeness (QED) is 0.791. The van der Waals surface area contributed by atoms with Gasteiger partial charge < -0.3 is 15.4 Å². The van der Waals surface area contributed by atoms with E-state index in [9.17, 15) is 4.79 Å². The number of hydrogen-bond acceptors (Lipinski definition) is 5. The number of pyridine rings is 1. The summed E-state index contributed by atoms with van der Waals surface area (Å²) in [7, 11) is 0. The third-order valence-electron chi connectivity index (χ3n) is 3.25. The minimum absolute atomic E-state index is 0. The molecule has 1 aliphatic heterocycles. The molecular formula is C14H24Cl2N4O2. The van der Waals surface area contributed by atoms with E-state index in [1.807, 2.05) is 0 Å². The van der Waals surface area contributed by atoms with E-state index in [1.165, 1.54) is 0 Å². The molecule has 1 fully saturated rings. The number of aromatic nitrogens is 1. The van der Waals surface area contributed by atoms with Crippen molar-refractivity contribution in [1.29, 1.82) is 0 Å². The van der Waals surface area contributed by atoms with Crippen molar-refractivity contribution in [2.24, 2.45) is 0 Å². The second kappa shape index (κ2) is 11.5. The monoisotopic (exact) mass is 350 g/mol. The average Bonchev–Trinajstić information content (AvgIpc) is 2.49. The highest BCUT2D eigenvalue weighted by Crippen LogP contribution is 2.08. The normalized spacial score (nSPS) is 15.9. The summed E-state index contributed by atoms with van der Waals surface area (Å²) in [4.78, 5) is 18.2. The molecule has 1 aromatic rings. The molecule has 0 aliphatic carbocycles. The standard InChI is InChI=1S/C14H22N4O2.2ClH/c1-12(20-13-3-2-4-16-11-13)14(19)17-7-10-18-8-5-15-6-9-18;;/h2-4,11-12,15H,5-10H2,1H3,(H,17,19);2*1H. The largest absolute Gasteiger partial charge is 0.479 e. The first-order valence-corrected chi connectivity index (χ1v) is 7.03. The zero-order chi connectivity index (χ0) is 14.2. The number of rotatable bonds is 6. The summed E-state index contributed by atoms with van der Waals surface area (Å²) in [6.07, 6.45) is 2.76. The summed E-state index contributed by atoms with van der Waals surface area (Å²) >= 11 is 0. The molecule has 126 valence electrons. The molecule has 1 aromatic heterocycles. The summed E-state index contributed by atoms with van der Waals surface area (Å²) in [5.41, 5.74) is 0. The number of piperazine rings is 1. The van der Waals surface area contributed by atoms with E-state index in [0.29, 0.717) is 12.3 Å². The Balaban J connectivity index is 0.00000220. The van der Waals surface area contributed by atoms with Crippen LogP contribution < -0.4 is 15.4 Å². The van der Waals surface area contributed by atoms with E-state index in [1.54, 1.807) is 31.5 Å². The van der Waals surface area contributed by atoms with Gasteiger partial charge in [0, 0.05) is 45.5 Å². The van der Waals surface area contributed by atoms with Crippen LogP contribution in [-0.4, -0.2) is 61.2 Å². The number of amides is 1. The summed E-state index contributed by atoms with van der Waals surface area (Å²) < 4.78 is 5.52. The van der Waals surface area contributed by atoms with Crippen LogP contribution in [0.15, 0.2) is 24.5 Å². The van der Waals surface area contributed by atoms with Crippen LogP contribution >= 0.6 is 24.8 Å². The fraction of sp³-hybridized carbons (Fsp3) is 0.571. The van der Waals surface area contributed by atoms with Gasteiger partial charge in [-0.25, -0.2) is 0 Å². The molecule has 0 spiro atoms. The van der Waals surface area contributed by atoms with Crippen LogP contribution in [0.1, 0.15) is 6.92 Å². The molecule has 22 heavy (non-hydrogen) atoms. The van der Waals surface area contributed by atoms with Gasteiger partial charge in [0.1, 0.15) is 5.75 Å². The van der Waals surface area contributed by atoms with Crippen molar-refractivity contribution in [3.05, 3.63) is 24.5 Å². The second-order valence-corrected chi connectivity index (χ2v) is 4.83. The molecule has 0 bridgehead atoms. The molecule has 1 unspecified atom stereocenters. The number of carbonyl (C=O) groups is 1. The van der Waals surface area contributed by atoms with Crippen LogP contribution in [0, 0.1) is 0 Å². The van der Waals surface area contributed by atoms with Gasteiger partial charge in [-0.1, -0.05) is 0 Å². The molecule has 0 aromatic carbocycles. The zero-order valence-corrected chi connectivity index (χ0v) is 14.3. The molecule has 2 heterocycles. The highest BCUT2D eigenvalue weighted by molar-refractivity contribution is 5.85. The van der Waals surface area contributed by atoms with Gasteiger partial charge in [0.05, 0.1) is 6.20 Å². The third kappa shape index (κ3) is 7.26. The first-order valence-electron chi connectivity index (χ1n) is 7.03. The molecule has 2 rings (SSSR count). The van der Waals surface area contributed by atoms with Crippen molar-refractivity contribution in [2.75, 3.05) is 39.3 Å². The third-order valence-corrected chi connectivity index (χ3v) is 3.25. The number of nitrogens with zero attached hydrogens (tertiary/aromatic N) is 2. The second-order valence-electron chi connectivity index (χ2n) is 4.83. The molecule has 0 saturated carbocycles. The maximum absolute atomic E-state index is 11.9. The maximum atomic E-state index is 11.9. The van der Waals surface area contributed by atoms with Gasteiger partial charge in [0.15, 0.2) is 6.10 Å². The first-order chi connectivity index (χ1) is 9.75. The lowest BCUT2D eigenvalue weighted by molar-refractivity contribution is -0.127. The van der Waals surface area contributed by atoms with E-state index in [0.717, 1.165) is 32.7 Å². The van der Waals surface area contributed by atoms with Crippen LogP contribution in [0.3, 0.4) is 0 Å². The SMILES string of the molecule is CC(Oc1cccnc1)C(=O)NCCN1CCNCC1.Cl.Cl. The summed E-state index contributed by atoms with van der Waals surface area (Å²) in [5, 5.41) is 6.21. The summed E-state index contributed by atoms with van der Waals surface area (Å²) in [6, 6.07) is 3.57. The topological polar surface area (TPSA) is 66.5 Å². The van der Waals surface area contributed by atoms with Crippen molar-refractivity contribution >= 4 is 30.7 Å². The van der Waals surface area contributed by atoms with E-state index in [-0.39, 0.29) is 30.7 Å². The predicted octanol–water partition coefficient (Wildman–Crippen LogP) is 0.714. The number of hydrogen-bond donors (Lipinski definition) is 2. The Labute approximate surface area is 143 Å². The highest BCUT2D eigenvalue weighted by Gasteiger charge is 2.15. The van der Waals surface area contributed by atoms with Gasteiger partial charge in [-0.05, 0) is 19.1 Å². The number of ether oxygens (including phenoxy) is 1. The lowest BCUT2D eigenvalue weighted by atomic mass is 10.3. The van der Waals surface area contributed by atoms with E-state index in [4.69, 9.17) is 4.74 Å². The van der Waals surface area contributed by atoms with Crippen LogP contribution in [0.2, 0.25) is 0 Å². The van der Waals surface area contributed by atoms with Crippen LogP contribution in [-0.2, 0) is 4.79 Å². The molecule has 0 radical (unpaired) electrons. The fourth-order valence-electron chi connectivity index (χ4n) is 2.09. The lowest BCUT2D eigenvalue weighted by Gasteiger charge is -2.27. The fourth-order valence-corrected chi connectivity index (χ4v) is 2.09. The molecule has 8 heteroatoms. The highest BCUT2D eigenvalue weighted by atomic mass is 35.5. The van der Waals surface area contributed by atoms with Gasteiger partial charge >= 0.3 is 0 Å². The van der Waals surface area contributed by atoms with Gasteiger partial charge in [0.2, 0.25) is 0 Å². The van der Waals surface area contributed by atoms with Crippen LogP contribution in [0.5, 0.6) is 5.75 Å². The predicted molar refractivity (Wildman–Crippen MR) is 91.1 cm³/mol. The molecule has 2 N–H and O–H groups in total. The van der Waals surface area contributed by atoms with Crippen molar-refractivity contribution in [3.63, 3.8) is 0 Å². The van der Waals surface area contributed by atoms with Gasteiger partial charge in [-0.3, -0.25) is 14.7 Å². The Hall–Kier alpha value is -1.08. The smallest absolute Gasteiger partial charge is 0.260 e. The summed E-state index contributed by atoms with van der Waals surface area (Å²) in [6.45, 7) is 7.40. The first kappa shape index (κ1) is 20.9. The lowest BCUT2D eigenvalue weighted by Crippen LogP contribution is -2.47. The number of nitrogens with one attached hydrogen (secondary N) is 2. The van der Waals surface area contributed by atoms with E-state index >= 15 is 0 Å². The Morgan fingerprint density at radius 2 is 2.18 bits per heavy atom. The van der Waals surface area contributed by atoms with Crippen molar-refractivity contribution < 1.29 is 9.53 Å². The van der Waals surface area contributed by atoms with Crippen molar-refractivity contribution in [3.8, 4) is 5.75 Å². The van der Waals surface area contributed by atoms with Crippen LogP contribution in [0.4, 0.5) is 0 Å². The van der Waals surface area contributed by atoms with E-state index in [2.05, 4.69) is 20.5 Å². The van der Waals surface area contributed by atoms with Crippen molar-refractivity contribution in [1.82, 2.24) is 20.5 Å². The molecule has 6 nitrogen and oxygen atoms in total. The number of carbonyl (C=O) groups excluding carboxylic acids is 1. The van der Waals surface area contributed by atoms with Gasteiger partial charge in [-0.15, -0.1) is 24.8 Å². The van der Waals surface area contributed by atoms with E-state index < -0.39 is 6.10 Å². The molecular weight excluding hydrogens is 327 g/mol. The molecule has 1 saturated heterocycles. The Morgan fingerprint density at radius 3 is 2.82 bits per heavy atom. The summed E-state index contributed by atoms with van der Waals surface area (Å²) in [5.74, 6) is 0.515. The Bertz CT molecular complexity index is 417. The minimum Gasteiger partial charge on any atom is -0.479 e. The molecule has 1 aliphatic rings. The minimum atomic E-state index is -0.512. The van der Waals surface area contributed by atoms with Gasteiger partial charge in [-0.2, -0.15) is 0 Å². The van der Waals surface area contributed by atoms with Crippen LogP contribution in [0.25, 0.3) is 0 Å². The molecule has 1 atom stereocenters. The zero-order valence-electron chi connectivity index (χ0n) is 12.7.